The molecule has 0 fully saturated rings. The van der Waals surface area contributed by atoms with E-state index in [1.807, 2.05) is 6.92 Å². The Hall–Kier alpha value is -1.27. The number of esters is 1. The van der Waals surface area contributed by atoms with Crippen LogP contribution in [0.1, 0.15) is 24.2 Å². The van der Waals surface area contributed by atoms with Crippen molar-refractivity contribution in [1.29, 1.82) is 0 Å². The molecule has 6 heteroatoms. The fourth-order valence-corrected chi connectivity index (χ4v) is 2.41. The average Bonchev–Trinajstić information content (AvgIpc) is 2.42. The van der Waals surface area contributed by atoms with E-state index in [9.17, 15) is 9.90 Å². The average molecular weight is 331 g/mol. The third-order valence-corrected chi connectivity index (χ3v) is 3.88. The molecule has 0 amide bonds. The van der Waals surface area contributed by atoms with Crippen molar-refractivity contribution >= 4 is 21.9 Å². The highest BCUT2D eigenvalue weighted by molar-refractivity contribution is 9.10. The lowest BCUT2D eigenvalue weighted by Gasteiger charge is -2.23. The fourth-order valence-electron chi connectivity index (χ4n) is 1.90. The molecule has 1 atom stereocenters. The lowest BCUT2D eigenvalue weighted by Crippen LogP contribution is -2.19. The Kier molecular flexibility index (Phi) is 4.31. The van der Waals surface area contributed by atoms with E-state index in [2.05, 4.69) is 15.9 Å². The lowest BCUT2D eigenvalue weighted by atomic mass is 10.0. The van der Waals surface area contributed by atoms with Crippen LogP contribution >= 0.6 is 15.9 Å². The van der Waals surface area contributed by atoms with Crippen LogP contribution in [0.3, 0.4) is 0 Å². The van der Waals surface area contributed by atoms with E-state index in [0.29, 0.717) is 34.7 Å². The molecule has 2 rings (SSSR count). The molecule has 0 aromatic heterocycles. The maximum atomic E-state index is 11.6. The van der Waals surface area contributed by atoms with Gasteiger partial charge in [-0.2, -0.15) is 0 Å². The third kappa shape index (κ3) is 2.69. The number of fused-ring (bicyclic) bond motifs is 1. The van der Waals surface area contributed by atoms with Gasteiger partial charge < -0.3 is 19.3 Å². The van der Waals surface area contributed by atoms with Crippen molar-refractivity contribution in [2.45, 2.75) is 20.0 Å². The summed E-state index contributed by atoms with van der Waals surface area (Å²) in [5.74, 6) is 0.488. The quantitative estimate of drug-likeness (QED) is 0.860. The molecule has 0 radical (unpaired) electrons. The first-order chi connectivity index (χ1) is 9.06. The number of ether oxygens (including phenoxy) is 3. The van der Waals surface area contributed by atoms with Crippen LogP contribution in [0.15, 0.2) is 10.5 Å². The maximum absolute atomic E-state index is 11.6. The van der Waals surface area contributed by atoms with Gasteiger partial charge in [-0.3, -0.25) is 0 Å². The van der Waals surface area contributed by atoms with Crippen LogP contribution < -0.4 is 9.47 Å². The number of aliphatic hydroxyl groups excluding tert-OH is 1. The zero-order chi connectivity index (χ0) is 14.0. The predicted octanol–water partition coefficient (Wildman–Crippen LogP) is 2.13. The van der Waals surface area contributed by atoms with Gasteiger partial charge in [-0.05, 0) is 35.8 Å². The number of carbonyl (C=O) groups is 1. The summed E-state index contributed by atoms with van der Waals surface area (Å²) in [5.41, 5.74) is 1.20. The number of hydrogen-bond donors (Lipinski definition) is 1. The minimum Gasteiger partial charge on any atom is -0.486 e. The Morgan fingerprint density at radius 2 is 2.21 bits per heavy atom. The van der Waals surface area contributed by atoms with E-state index < -0.39 is 12.1 Å². The molecule has 1 aliphatic heterocycles. The SMILES string of the molecule is CCOC(=O)C(O)c1cc2c(c(C)c1Br)OCCO2. The number of carbonyl (C=O) groups excluding carboxylic acids is 1. The summed E-state index contributed by atoms with van der Waals surface area (Å²) in [6, 6.07) is 1.60. The monoisotopic (exact) mass is 330 g/mol. The normalized spacial score (nSPS) is 14.9. The molecular formula is C13H15BrO5. The molecule has 1 aliphatic rings. The van der Waals surface area contributed by atoms with Gasteiger partial charge in [0.05, 0.1) is 6.61 Å². The van der Waals surface area contributed by atoms with Gasteiger partial charge in [0.1, 0.15) is 13.2 Å². The van der Waals surface area contributed by atoms with E-state index in [1.165, 1.54) is 0 Å². The topological polar surface area (TPSA) is 65.0 Å². The second-order valence-electron chi connectivity index (χ2n) is 4.08. The first-order valence-corrected chi connectivity index (χ1v) is 6.78. The highest BCUT2D eigenvalue weighted by Crippen LogP contribution is 2.42. The summed E-state index contributed by atoms with van der Waals surface area (Å²) < 4.78 is 16.4. The largest absolute Gasteiger partial charge is 0.486 e. The molecule has 0 spiro atoms. The Balaban J connectivity index is 2.41. The summed E-state index contributed by atoms with van der Waals surface area (Å²) in [6.45, 7) is 4.67. The number of hydrogen-bond acceptors (Lipinski definition) is 5. The molecule has 0 aliphatic carbocycles. The molecule has 19 heavy (non-hydrogen) atoms. The Morgan fingerprint density at radius 1 is 1.53 bits per heavy atom. The van der Waals surface area contributed by atoms with Crippen molar-refractivity contribution in [3.05, 3.63) is 21.7 Å². The van der Waals surface area contributed by atoms with Crippen molar-refractivity contribution in [3.63, 3.8) is 0 Å². The molecule has 1 N–H and O–H groups in total. The summed E-state index contributed by atoms with van der Waals surface area (Å²) >= 11 is 3.38. The van der Waals surface area contributed by atoms with Gasteiger partial charge in [0, 0.05) is 15.6 Å². The zero-order valence-corrected chi connectivity index (χ0v) is 12.3. The van der Waals surface area contributed by atoms with Gasteiger partial charge in [-0.1, -0.05) is 0 Å². The Labute approximate surface area is 119 Å². The van der Waals surface area contributed by atoms with Crippen LogP contribution in [0, 0.1) is 6.92 Å². The van der Waals surface area contributed by atoms with Gasteiger partial charge in [-0.15, -0.1) is 0 Å². The van der Waals surface area contributed by atoms with Gasteiger partial charge in [0.15, 0.2) is 17.6 Å². The van der Waals surface area contributed by atoms with E-state index in [0.717, 1.165) is 5.56 Å². The molecule has 1 aromatic rings. The lowest BCUT2D eigenvalue weighted by molar-refractivity contribution is -0.153. The van der Waals surface area contributed by atoms with Crippen LogP contribution in [-0.2, 0) is 9.53 Å². The standard InChI is InChI=1S/C13H15BrO5/c1-3-17-13(16)11(15)8-6-9-12(7(2)10(8)14)19-5-4-18-9/h6,11,15H,3-5H2,1-2H3. The predicted molar refractivity (Wildman–Crippen MR) is 71.5 cm³/mol. The molecule has 104 valence electrons. The van der Waals surface area contributed by atoms with Crippen LogP contribution in [0.5, 0.6) is 11.5 Å². The third-order valence-electron chi connectivity index (χ3n) is 2.83. The smallest absolute Gasteiger partial charge is 0.339 e. The highest BCUT2D eigenvalue weighted by atomic mass is 79.9. The molecule has 1 aromatic carbocycles. The number of halogens is 1. The van der Waals surface area contributed by atoms with E-state index in [1.54, 1.807) is 13.0 Å². The van der Waals surface area contributed by atoms with E-state index in [-0.39, 0.29) is 6.61 Å². The van der Waals surface area contributed by atoms with Crippen LogP contribution in [-0.4, -0.2) is 30.9 Å². The van der Waals surface area contributed by atoms with Crippen molar-refractivity contribution < 1.29 is 24.1 Å². The van der Waals surface area contributed by atoms with Crippen molar-refractivity contribution in [3.8, 4) is 11.5 Å². The van der Waals surface area contributed by atoms with Crippen LogP contribution in [0.25, 0.3) is 0 Å². The van der Waals surface area contributed by atoms with Crippen LogP contribution in [0.4, 0.5) is 0 Å². The van der Waals surface area contributed by atoms with Gasteiger partial charge >= 0.3 is 5.97 Å². The molecule has 0 saturated carbocycles. The molecule has 0 saturated heterocycles. The summed E-state index contributed by atoms with van der Waals surface area (Å²) in [4.78, 5) is 11.6. The second-order valence-corrected chi connectivity index (χ2v) is 4.88. The maximum Gasteiger partial charge on any atom is 0.339 e. The minimum absolute atomic E-state index is 0.219. The van der Waals surface area contributed by atoms with Crippen molar-refractivity contribution in [2.75, 3.05) is 19.8 Å². The highest BCUT2D eigenvalue weighted by Gasteiger charge is 2.27. The first kappa shape index (κ1) is 14.1. The first-order valence-electron chi connectivity index (χ1n) is 5.99. The summed E-state index contributed by atoms with van der Waals surface area (Å²) in [5, 5.41) is 10.0. The summed E-state index contributed by atoms with van der Waals surface area (Å²) in [7, 11) is 0. The number of aliphatic hydroxyl groups is 1. The summed E-state index contributed by atoms with van der Waals surface area (Å²) in [6.07, 6.45) is -1.34. The minimum atomic E-state index is -1.34. The molecule has 0 bridgehead atoms. The molecule has 1 heterocycles. The Bertz CT molecular complexity index is 500. The number of benzene rings is 1. The number of rotatable bonds is 3. The van der Waals surface area contributed by atoms with Crippen molar-refractivity contribution in [1.82, 2.24) is 0 Å². The van der Waals surface area contributed by atoms with Crippen molar-refractivity contribution in [2.24, 2.45) is 0 Å². The molecular weight excluding hydrogens is 316 g/mol. The van der Waals surface area contributed by atoms with E-state index >= 15 is 0 Å². The van der Waals surface area contributed by atoms with Gasteiger partial charge in [-0.25, -0.2) is 4.79 Å². The van der Waals surface area contributed by atoms with E-state index in [4.69, 9.17) is 14.2 Å². The van der Waals surface area contributed by atoms with Gasteiger partial charge in [0.2, 0.25) is 0 Å². The molecule has 1 unspecified atom stereocenters. The Morgan fingerprint density at radius 3 is 2.89 bits per heavy atom. The molecule has 5 nitrogen and oxygen atoms in total. The zero-order valence-electron chi connectivity index (χ0n) is 10.7. The van der Waals surface area contributed by atoms with Crippen LogP contribution in [0.2, 0.25) is 0 Å². The fraction of sp³-hybridized carbons (Fsp3) is 0.462. The van der Waals surface area contributed by atoms with Gasteiger partial charge in [0.25, 0.3) is 0 Å². The second kappa shape index (κ2) is 5.79.